The molecule has 2 aliphatic rings. The molecule has 1 heterocycles. The maximum Gasteiger partial charge on any atom is 0.118 e. The third-order valence-corrected chi connectivity index (χ3v) is 7.26. The van der Waals surface area contributed by atoms with Crippen LogP contribution in [0.3, 0.4) is 0 Å². The highest BCUT2D eigenvalue weighted by atomic mass is 16.5. The van der Waals surface area contributed by atoms with Crippen molar-refractivity contribution in [2.24, 2.45) is 0 Å². The Kier molecular flexibility index (Phi) is 5.43. The molecule has 168 valence electrons. The Morgan fingerprint density at radius 2 is 1.50 bits per heavy atom. The second-order valence-electron chi connectivity index (χ2n) is 9.22. The van der Waals surface area contributed by atoms with E-state index in [0.29, 0.717) is 0 Å². The van der Waals surface area contributed by atoms with Gasteiger partial charge in [0.15, 0.2) is 0 Å². The summed E-state index contributed by atoms with van der Waals surface area (Å²) in [5.74, 6) is 1.18. The Balaban J connectivity index is 1.58. The van der Waals surface area contributed by atoms with Crippen LogP contribution in [0.25, 0.3) is 5.70 Å². The third kappa shape index (κ3) is 3.60. The van der Waals surface area contributed by atoms with Crippen LogP contribution >= 0.6 is 0 Å². The van der Waals surface area contributed by atoms with Gasteiger partial charge in [-0.2, -0.15) is 0 Å². The molecule has 1 atom stereocenters. The van der Waals surface area contributed by atoms with E-state index >= 15 is 0 Å². The normalized spacial score (nSPS) is 16.9. The van der Waals surface area contributed by atoms with Crippen LogP contribution in [0.15, 0.2) is 109 Å². The number of para-hydroxylation sites is 1. The first kappa shape index (κ1) is 20.8. The van der Waals surface area contributed by atoms with Crippen molar-refractivity contribution in [2.75, 3.05) is 12.0 Å². The Morgan fingerprint density at radius 3 is 2.32 bits per heavy atom. The zero-order chi connectivity index (χ0) is 22.9. The minimum atomic E-state index is 0.283. The van der Waals surface area contributed by atoms with Gasteiger partial charge in [-0.05, 0) is 65.3 Å². The van der Waals surface area contributed by atoms with Crippen LogP contribution in [0, 0.1) is 0 Å². The van der Waals surface area contributed by atoms with E-state index in [2.05, 4.69) is 108 Å². The van der Waals surface area contributed by atoms with E-state index in [-0.39, 0.29) is 5.92 Å². The maximum atomic E-state index is 5.40. The summed E-state index contributed by atoms with van der Waals surface area (Å²) in [7, 11) is 1.72. The van der Waals surface area contributed by atoms with E-state index in [1.165, 1.54) is 45.6 Å². The quantitative estimate of drug-likeness (QED) is 0.322. The fraction of sp³-hybridized carbons (Fsp3) is 0.188. The Bertz CT molecular complexity index is 1340. The number of rotatable bonds is 4. The van der Waals surface area contributed by atoms with Gasteiger partial charge in [-0.3, -0.25) is 0 Å². The van der Waals surface area contributed by atoms with E-state index in [1.807, 2.05) is 0 Å². The first-order valence-corrected chi connectivity index (χ1v) is 12.2. The molecule has 0 aromatic heterocycles. The Labute approximate surface area is 202 Å². The maximum absolute atomic E-state index is 5.40. The van der Waals surface area contributed by atoms with E-state index in [1.54, 1.807) is 12.7 Å². The summed E-state index contributed by atoms with van der Waals surface area (Å²) < 4.78 is 5.40. The molecule has 0 amide bonds. The van der Waals surface area contributed by atoms with Gasteiger partial charge < -0.3 is 9.64 Å². The number of hydrogen-bond donors (Lipinski definition) is 0. The van der Waals surface area contributed by atoms with Crippen LogP contribution in [-0.2, 0) is 13.0 Å². The topological polar surface area (TPSA) is 12.5 Å². The van der Waals surface area contributed by atoms with Crippen LogP contribution in [0.1, 0.15) is 46.6 Å². The van der Waals surface area contributed by atoms with Crippen molar-refractivity contribution in [3.05, 3.63) is 137 Å². The average Bonchev–Trinajstić information content (AvgIpc) is 3.09. The summed E-state index contributed by atoms with van der Waals surface area (Å²) in [5, 5.41) is 0. The molecule has 6 rings (SSSR count). The van der Waals surface area contributed by atoms with Gasteiger partial charge in [0.1, 0.15) is 5.75 Å². The summed E-state index contributed by atoms with van der Waals surface area (Å²) in [6.07, 6.45) is 3.41. The second-order valence-corrected chi connectivity index (χ2v) is 9.22. The van der Waals surface area contributed by atoms with Crippen molar-refractivity contribution in [1.29, 1.82) is 0 Å². The Hall–Kier alpha value is -3.78. The predicted octanol–water partition coefficient (Wildman–Crippen LogP) is 7.59. The van der Waals surface area contributed by atoms with Gasteiger partial charge >= 0.3 is 0 Å². The summed E-state index contributed by atoms with van der Waals surface area (Å²) in [5.41, 5.74) is 11.2. The van der Waals surface area contributed by atoms with Crippen LogP contribution in [0.4, 0.5) is 5.69 Å². The van der Waals surface area contributed by atoms with Crippen LogP contribution < -0.4 is 9.64 Å². The highest BCUT2D eigenvalue weighted by molar-refractivity contribution is 5.89. The largest absolute Gasteiger partial charge is 0.497 e. The van der Waals surface area contributed by atoms with Crippen molar-refractivity contribution in [3.8, 4) is 5.75 Å². The lowest BCUT2D eigenvalue weighted by Crippen LogP contribution is -2.29. The number of allylic oxidation sites excluding steroid dienone is 1. The first-order chi connectivity index (χ1) is 16.8. The van der Waals surface area contributed by atoms with Crippen molar-refractivity contribution in [1.82, 2.24) is 0 Å². The van der Waals surface area contributed by atoms with Crippen LogP contribution in [-0.4, -0.2) is 7.11 Å². The number of hydrogen-bond acceptors (Lipinski definition) is 2. The average molecular weight is 444 g/mol. The molecule has 0 bridgehead atoms. The van der Waals surface area contributed by atoms with Gasteiger partial charge in [-0.25, -0.2) is 0 Å². The molecular formula is C32H29NO. The predicted molar refractivity (Wildman–Crippen MR) is 140 cm³/mol. The van der Waals surface area contributed by atoms with E-state index in [4.69, 9.17) is 4.74 Å². The molecule has 0 saturated heterocycles. The molecule has 0 N–H and O–H groups in total. The number of benzene rings is 4. The molecule has 0 spiro atoms. The van der Waals surface area contributed by atoms with Crippen molar-refractivity contribution in [2.45, 2.75) is 31.7 Å². The molecular weight excluding hydrogens is 414 g/mol. The zero-order valence-corrected chi connectivity index (χ0v) is 19.6. The fourth-order valence-corrected chi connectivity index (χ4v) is 5.72. The van der Waals surface area contributed by atoms with Gasteiger partial charge in [0, 0.05) is 29.4 Å². The number of methoxy groups -OCH3 is 1. The van der Waals surface area contributed by atoms with Crippen molar-refractivity contribution < 1.29 is 4.74 Å². The van der Waals surface area contributed by atoms with Crippen molar-refractivity contribution >= 4 is 11.4 Å². The summed E-state index contributed by atoms with van der Waals surface area (Å²) >= 11 is 0. The first-order valence-electron chi connectivity index (χ1n) is 12.2. The number of nitrogens with zero attached hydrogens (tertiary/aromatic N) is 1. The Morgan fingerprint density at radius 1 is 0.765 bits per heavy atom. The summed E-state index contributed by atoms with van der Waals surface area (Å²) in [6, 6.07) is 37.6. The SMILES string of the molecule is COc1ccc(CN2C3=C(CCCc4ccccc43)[C@H](c3ccccc3)c3ccccc32)cc1. The number of ether oxygens (including phenoxy) is 1. The fourth-order valence-electron chi connectivity index (χ4n) is 5.72. The molecule has 0 fully saturated rings. The molecule has 2 nitrogen and oxygen atoms in total. The molecule has 34 heavy (non-hydrogen) atoms. The molecule has 4 aromatic rings. The smallest absolute Gasteiger partial charge is 0.118 e. The number of fused-ring (bicyclic) bond motifs is 3. The minimum absolute atomic E-state index is 0.283. The molecule has 4 aromatic carbocycles. The van der Waals surface area contributed by atoms with Gasteiger partial charge in [0.25, 0.3) is 0 Å². The van der Waals surface area contributed by atoms with E-state index in [0.717, 1.165) is 25.1 Å². The minimum Gasteiger partial charge on any atom is -0.497 e. The summed E-state index contributed by atoms with van der Waals surface area (Å²) in [4.78, 5) is 2.57. The molecule has 2 heteroatoms. The van der Waals surface area contributed by atoms with Crippen molar-refractivity contribution in [3.63, 3.8) is 0 Å². The molecule has 1 aliphatic heterocycles. The number of anilines is 1. The highest BCUT2D eigenvalue weighted by Gasteiger charge is 2.35. The summed E-state index contributed by atoms with van der Waals surface area (Å²) in [6.45, 7) is 0.829. The highest BCUT2D eigenvalue weighted by Crippen LogP contribution is 2.51. The lowest BCUT2D eigenvalue weighted by atomic mass is 9.77. The molecule has 0 unspecified atom stereocenters. The van der Waals surface area contributed by atoms with Gasteiger partial charge in [0.2, 0.25) is 0 Å². The van der Waals surface area contributed by atoms with E-state index < -0.39 is 0 Å². The number of aryl methyl sites for hydroxylation is 1. The third-order valence-electron chi connectivity index (χ3n) is 7.26. The monoisotopic (exact) mass is 443 g/mol. The molecule has 1 aliphatic carbocycles. The van der Waals surface area contributed by atoms with E-state index in [9.17, 15) is 0 Å². The van der Waals surface area contributed by atoms with Crippen LogP contribution in [0.2, 0.25) is 0 Å². The molecule has 0 saturated carbocycles. The van der Waals surface area contributed by atoms with Gasteiger partial charge in [-0.1, -0.05) is 84.9 Å². The second kappa shape index (κ2) is 8.87. The van der Waals surface area contributed by atoms with Crippen LogP contribution in [0.5, 0.6) is 5.75 Å². The standard InChI is InChI=1S/C32H29NO/c1-34-26-20-18-23(19-21-26)22-33-30-17-8-7-15-28(30)31(25-11-3-2-4-12-25)29-16-9-13-24-10-5-6-14-27(24)32(29)33/h2-8,10-12,14-15,17-21,31H,9,13,16,22H2,1H3/t31-/m1/s1. The lowest BCUT2D eigenvalue weighted by molar-refractivity contribution is 0.414. The molecule has 0 radical (unpaired) electrons. The lowest BCUT2D eigenvalue weighted by Gasteiger charge is -2.40. The van der Waals surface area contributed by atoms with Gasteiger partial charge in [0.05, 0.1) is 7.11 Å². The zero-order valence-electron chi connectivity index (χ0n) is 19.6. The van der Waals surface area contributed by atoms with Gasteiger partial charge in [-0.15, -0.1) is 0 Å².